The zero-order chi connectivity index (χ0) is 24.0. The van der Waals surface area contributed by atoms with Gasteiger partial charge in [-0.3, -0.25) is 9.13 Å². The average molecular weight is 530 g/mol. The SMILES string of the molecule is O=P(O)(O)CP(=O)(O)OC[C@H]1O[C@@H](c2cnc3c(N4CCOCC4)nc(Cl)nn23)[C@H](O)[C@@H]1O. The molecule has 2 fully saturated rings. The number of morpholine rings is 1. The summed E-state index contributed by atoms with van der Waals surface area (Å²) >= 11 is 6.10. The number of aromatic nitrogens is 4. The standard InChI is InChI=1S/C15H22ClN5O10P2/c16-15-18-14(20-1-3-29-4-2-20)13-17-5-8(21(13)19-15)12-11(23)10(22)9(31-12)6-30-33(27,28)7-32(24,25)26/h5,9-12,22-23H,1-4,6-7H2,(H,27,28)(H2,24,25,26)/t9-,10-,11-,12+/m1/s1. The maximum absolute atomic E-state index is 11.9. The molecule has 5 atom stereocenters. The maximum atomic E-state index is 11.9. The number of hydrogen-bond acceptors (Lipinski definition) is 11. The van der Waals surface area contributed by atoms with Crippen molar-refractivity contribution < 1.29 is 48.0 Å². The van der Waals surface area contributed by atoms with Gasteiger partial charge < -0.3 is 43.8 Å². The molecule has 0 saturated carbocycles. The molecule has 0 spiro atoms. The molecular weight excluding hydrogens is 508 g/mol. The van der Waals surface area contributed by atoms with E-state index in [1.807, 2.05) is 4.90 Å². The van der Waals surface area contributed by atoms with Crippen LogP contribution in [0.25, 0.3) is 5.65 Å². The van der Waals surface area contributed by atoms with E-state index in [1.54, 1.807) is 0 Å². The fraction of sp³-hybridized carbons (Fsp3) is 0.667. The highest BCUT2D eigenvalue weighted by molar-refractivity contribution is 7.70. The second-order valence-electron chi connectivity index (χ2n) is 7.54. The number of anilines is 1. The molecule has 2 aromatic heterocycles. The van der Waals surface area contributed by atoms with E-state index in [0.29, 0.717) is 37.8 Å². The van der Waals surface area contributed by atoms with Crippen LogP contribution in [0.3, 0.4) is 0 Å². The first-order valence-electron chi connectivity index (χ1n) is 9.71. The summed E-state index contributed by atoms with van der Waals surface area (Å²) in [5.74, 6) is -0.932. The van der Waals surface area contributed by atoms with E-state index in [2.05, 4.69) is 15.1 Å². The maximum Gasteiger partial charge on any atom is 0.340 e. The van der Waals surface area contributed by atoms with E-state index >= 15 is 0 Å². The highest BCUT2D eigenvalue weighted by Crippen LogP contribution is 2.55. The smallest absolute Gasteiger partial charge is 0.340 e. The van der Waals surface area contributed by atoms with Crippen molar-refractivity contribution in [3.63, 3.8) is 0 Å². The van der Waals surface area contributed by atoms with Crippen molar-refractivity contribution in [1.29, 1.82) is 0 Å². The van der Waals surface area contributed by atoms with Gasteiger partial charge in [-0.05, 0) is 11.6 Å². The first-order chi connectivity index (χ1) is 15.5. The minimum Gasteiger partial charge on any atom is -0.387 e. The van der Waals surface area contributed by atoms with Crippen molar-refractivity contribution in [3.8, 4) is 0 Å². The van der Waals surface area contributed by atoms with Crippen LogP contribution in [0.1, 0.15) is 11.8 Å². The zero-order valence-corrected chi connectivity index (χ0v) is 19.5. The number of rotatable bonds is 7. The van der Waals surface area contributed by atoms with Gasteiger partial charge in [0.25, 0.3) is 0 Å². The average Bonchev–Trinajstić information content (AvgIpc) is 3.26. The van der Waals surface area contributed by atoms with Crippen LogP contribution in [-0.4, -0.2) is 102 Å². The lowest BCUT2D eigenvalue weighted by Gasteiger charge is -2.27. The molecule has 0 aromatic carbocycles. The Bertz CT molecular complexity index is 1110. The van der Waals surface area contributed by atoms with Gasteiger partial charge in [0.2, 0.25) is 5.28 Å². The summed E-state index contributed by atoms with van der Waals surface area (Å²) in [5.41, 5.74) is 0.572. The number of aliphatic hydroxyl groups is 2. The second-order valence-corrected chi connectivity index (χ2v) is 11.9. The molecule has 15 nitrogen and oxygen atoms in total. The summed E-state index contributed by atoms with van der Waals surface area (Å²) in [4.78, 5) is 37.9. The first kappa shape index (κ1) is 24.9. The fourth-order valence-electron chi connectivity index (χ4n) is 3.63. The Labute approximate surface area is 191 Å². The van der Waals surface area contributed by atoms with Gasteiger partial charge in [-0.15, -0.1) is 5.10 Å². The Morgan fingerprint density at radius 2 is 1.88 bits per heavy atom. The Morgan fingerprint density at radius 3 is 2.55 bits per heavy atom. The van der Waals surface area contributed by atoms with E-state index in [4.69, 9.17) is 35.4 Å². The van der Waals surface area contributed by atoms with Crippen molar-refractivity contribution in [2.24, 2.45) is 0 Å². The van der Waals surface area contributed by atoms with Crippen LogP contribution in [0.2, 0.25) is 5.28 Å². The number of aliphatic hydroxyl groups excluding tert-OH is 2. The highest BCUT2D eigenvalue weighted by Gasteiger charge is 2.46. The van der Waals surface area contributed by atoms with E-state index < -0.39 is 52.1 Å². The predicted octanol–water partition coefficient (Wildman–Crippen LogP) is -0.887. The van der Waals surface area contributed by atoms with Crippen molar-refractivity contribution in [2.45, 2.75) is 24.4 Å². The molecule has 0 aliphatic carbocycles. The Hall–Kier alpha value is -1.22. The molecule has 4 rings (SSSR count). The van der Waals surface area contributed by atoms with Crippen molar-refractivity contribution >= 4 is 38.3 Å². The van der Waals surface area contributed by atoms with Crippen LogP contribution in [0.5, 0.6) is 0 Å². The minimum absolute atomic E-state index is 0.0881. The second kappa shape index (κ2) is 9.44. The van der Waals surface area contributed by atoms with E-state index in [0.717, 1.165) is 0 Å². The number of nitrogens with zero attached hydrogens (tertiary/aromatic N) is 5. The molecule has 2 aliphatic heterocycles. The molecule has 2 saturated heterocycles. The molecule has 2 aromatic rings. The monoisotopic (exact) mass is 529 g/mol. The van der Waals surface area contributed by atoms with Gasteiger partial charge in [-0.2, -0.15) is 4.98 Å². The van der Waals surface area contributed by atoms with Gasteiger partial charge in [0.1, 0.15) is 24.4 Å². The van der Waals surface area contributed by atoms with Gasteiger partial charge in [0, 0.05) is 13.1 Å². The molecule has 0 radical (unpaired) electrons. The molecule has 0 amide bonds. The van der Waals surface area contributed by atoms with Crippen molar-refractivity contribution in [3.05, 3.63) is 17.2 Å². The normalized spacial score (nSPS) is 28.4. The molecule has 184 valence electrons. The lowest BCUT2D eigenvalue weighted by atomic mass is 10.1. The number of hydrogen-bond donors (Lipinski definition) is 5. The van der Waals surface area contributed by atoms with E-state index in [1.165, 1.54) is 10.7 Å². The molecule has 5 N–H and O–H groups in total. The molecule has 2 aliphatic rings. The fourth-order valence-corrected chi connectivity index (χ4v) is 6.36. The lowest BCUT2D eigenvalue weighted by Crippen LogP contribution is -2.37. The largest absolute Gasteiger partial charge is 0.387 e. The van der Waals surface area contributed by atoms with Gasteiger partial charge in [0.15, 0.2) is 17.4 Å². The summed E-state index contributed by atoms with van der Waals surface area (Å²) in [6, 6.07) is 0. The summed E-state index contributed by atoms with van der Waals surface area (Å²) in [5, 5.41) is 24.9. The Kier molecular flexibility index (Phi) is 7.12. The van der Waals surface area contributed by atoms with E-state index in [-0.39, 0.29) is 11.0 Å². The van der Waals surface area contributed by atoms with Crippen LogP contribution in [0, 0.1) is 0 Å². The Morgan fingerprint density at radius 1 is 1.18 bits per heavy atom. The van der Waals surface area contributed by atoms with Gasteiger partial charge in [0.05, 0.1) is 31.7 Å². The number of fused-ring (bicyclic) bond motifs is 1. The predicted molar refractivity (Wildman–Crippen MR) is 111 cm³/mol. The van der Waals surface area contributed by atoms with Crippen LogP contribution in [0.15, 0.2) is 6.20 Å². The summed E-state index contributed by atoms with van der Waals surface area (Å²) in [6.45, 7) is 1.41. The molecule has 0 bridgehead atoms. The quantitative estimate of drug-likeness (QED) is 0.276. The molecule has 1 unspecified atom stereocenters. The highest BCUT2D eigenvalue weighted by atomic mass is 35.5. The number of ether oxygens (including phenoxy) is 2. The number of halogens is 1. The zero-order valence-electron chi connectivity index (χ0n) is 16.9. The third kappa shape index (κ3) is 5.55. The van der Waals surface area contributed by atoms with E-state index in [9.17, 15) is 24.2 Å². The van der Waals surface area contributed by atoms with Crippen molar-refractivity contribution in [2.75, 3.05) is 43.7 Å². The third-order valence-corrected chi connectivity index (χ3v) is 8.73. The van der Waals surface area contributed by atoms with Crippen LogP contribution in [0.4, 0.5) is 5.82 Å². The molecule has 33 heavy (non-hydrogen) atoms. The van der Waals surface area contributed by atoms with Gasteiger partial charge >= 0.3 is 15.2 Å². The van der Waals surface area contributed by atoms with Crippen LogP contribution in [-0.2, 0) is 23.1 Å². The molecule has 18 heteroatoms. The molecular formula is C15H22ClN5O10P2. The topological polar surface area (TPSA) is 209 Å². The lowest BCUT2D eigenvalue weighted by molar-refractivity contribution is -0.0204. The summed E-state index contributed by atoms with van der Waals surface area (Å²) in [6.07, 6.45) is -4.08. The van der Waals surface area contributed by atoms with Gasteiger partial charge in [-0.25, -0.2) is 9.50 Å². The van der Waals surface area contributed by atoms with Crippen LogP contribution < -0.4 is 4.90 Å². The van der Waals surface area contributed by atoms with Crippen LogP contribution >= 0.6 is 26.8 Å². The summed E-state index contributed by atoms with van der Waals surface area (Å²) < 4.78 is 39.9. The minimum atomic E-state index is -4.82. The van der Waals surface area contributed by atoms with Crippen molar-refractivity contribution in [1.82, 2.24) is 19.6 Å². The first-order valence-corrected chi connectivity index (χ1v) is 13.7. The van der Waals surface area contributed by atoms with Gasteiger partial charge in [-0.1, -0.05) is 0 Å². The third-order valence-electron chi connectivity index (χ3n) is 5.11. The number of imidazole rings is 1. The molecule has 4 heterocycles. The Balaban J connectivity index is 1.55. The summed E-state index contributed by atoms with van der Waals surface area (Å²) in [7, 11) is -9.49.